The lowest BCUT2D eigenvalue weighted by atomic mass is 10.1. The first-order valence-electron chi connectivity index (χ1n) is 12.6. The van der Waals surface area contributed by atoms with Crippen LogP contribution >= 0.6 is 0 Å². The van der Waals surface area contributed by atoms with Crippen molar-refractivity contribution in [2.45, 2.75) is 51.3 Å². The van der Waals surface area contributed by atoms with E-state index in [-0.39, 0.29) is 70.4 Å². The van der Waals surface area contributed by atoms with Crippen LogP contribution in [0.3, 0.4) is 0 Å². The predicted octanol–water partition coefficient (Wildman–Crippen LogP) is -0.0942. The van der Waals surface area contributed by atoms with Crippen molar-refractivity contribution >= 4 is 29.7 Å². The number of aliphatic hydroxyl groups is 1. The summed E-state index contributed by atoms with van der Waals surface area (Å²) in [6.07, 6.45) is -0.872. The van der Waals surface area contributed by atoms with Gasteiger partial charge in [-0.2, -0.15) is 0 Å². The molecule has 3 N–H and O–H groups in total. The second-order valence-corrected chi connectivity index (χ2v) is 8.91. The number of carboxylic acid groups (broad SMARTS) is 1. The highest BCUT2D eigenvalue weighted by molar-refractivity contribution is 6.13. The van der Waals surface area contributed by atoms with Gasteiger partial charge < -0.3 is 39.2 Å². The maximum absolute atomic E-state index is 11.9. The average molecular weight is 565 g/mol. The topological polar surface area (TPSA) is 187 Å². The fraction of sp³-hybridized carbons (Fsp3) is 0.500. The number of amides is 3. The molecule has 2 heterocycles. The molecule has 0 saturated carbocycles. The van der Waals surface area contributed by atoms with Gasteiger partial charge in [0.05, 0.1) is 19.3 Å². The van der Waals surface area contributed by atoms with Crippen LogP contribution in [0.1, 0.15) is 31.7 Å². The molecule has 1 aromatic carbocycles. The van der Waals surface area contributed by atoms with E-state index in [4.69, 9.17) is 23.7 Å². The van der Waals surface area contributed by atoms with Crippen LogP contribution in [-0.4, -0.2) is 96.2 Å². The van der Waals surface area contributed by atoms with Gasteiger partial charge in [0.2, 0.25) is 12.2 Å². The number of carboxylic acids is 1. The van der Waals surface area contributed by atoms with Gasteiger partial charge in [0, 0.05) is 63.1 Å². The Hall–Kier alpha value is -4.01. The van der Waals surface area contributed by atoms with E-state index in [9.17, 15) is 34.2 Å². The maximum Gasteiger partial charge on any atom is 0.333 e. The number of carbonyl (C=O) groups excluding carboxylic acids is 4. The molecule has 0 aliphatic carbocycles. The van der Waals surface area contributed by atoms with Crippen LogP contribution in [0.5, 0.6) is 11.5 Å². The first-order valence-corrected chi connectivity index (χ1v) is 12.6. The third kappa shape index (κ3) is 9.63. The molecule has 218 valence electrons. The van der Waals surface area contributed by atoms with Crippen LogP contribution in [0.2, 0.25) is 0 Å². The number of benzene rings is 1. The Morgan fingerprint density at radius 2 is 1.85 bits per heavy atom. The zero-order valence-electron chi connectivity index (χ0n) is 21.9. The lowest BCUT2D eigenvalue weighted by molar-refractivity contribution is -0.195. The largest absolute Gasteiger partial charge is 0.491 e. The Morgan fingerprint density at radius 1 is 1.10 bits per heavy atom. The van der Waals surface area contributed by atoms with E-state index in [1.54, 1.807) is 12.1 Å². The van der Waals surface area contributed by atoms with E-state index < -0.39 is 42.3 Å². The molecule has 1 saturated heterocycles. The molecule has 0 spiro atoms. The number of nitrogens with zero attached hydrogens (tertiary/aromatic N) is 1. The highest BCUT2D eigenvalue weighted by Crippen LogP contribution is 2.30. The van der Waals surface area contributed by atoms with Gasteiger partial charge in [0.1, 0.15) is 24.7 Å². The molecule has 0 radical (unpaired) electrons. The molecule has 0 bridgehead atoms. The summed E-state index contributed by atoms with van der Waals surface area (Å²) >= 11 is 0. The number of nitrogens with one attached hydrogen (secondary N) is 1. The Balaban J connectivity index is 1.41. The standard InChI is InChI=1S/C26H32N2O12/c1-16(29)38-15-17-2-3-19(14-20(17)39-25-13-18(30)12-21(40-25)26(34)35)37-11-10-36-9-7-27-22(31)6-8-28-23(32)4-5-24(28)33/h2-5,14,18,21,25,30H,6-13,15H2,1H3,(H,27,31)(H,34,35). The Bertz CT molecular complexity index is 1100. The molecule has 1 aromatic rings. The number of aliphatic hydroxyl groups excluding tert-OH is 1. The molecule has 0 aromatic heterocycles. The van der Waals surface area contributed by atoms with Crippen LogP contribution in [0, 0.1) is 0 Å². The summed E-state index contributed by atoms with van der Waals surface area (Å²) in [5.74, 6) is -2.28. The van der Waals surface area contributed by atoms with Crippen LogP contribution in [0.15, 0.2) is 30.4 Å². The van der Waals surface area contributed by atoms with Crippen molar-refractivity contribution in [1.29, 1.82) is 0 Å². The fourth-order valence-corrected chi connectivity index (χ4v) is 3.81. The smallest absolute Gasteiger partial charge is 0.333 e. The Morgan fingerprint density at radius 3 is 2.55 bits per heavy atom. The number of esters is 1. The average Bonchev–Trinajstić information content (AvgIpc) is 3.22. The number of aliphatic carboxylic acids is 1. The number of rotatable bonds is 15. The molecule has 40 heavy (non-hydrogen) atoms. The van der Waals surface area contributed by atoms with E-state index in [0.717, 1.165) is 17.1 Å². The van der Waals surface area contributed by atoms with Crippen molar-refractivity contribution in [3.8, 4) is 11.5 Å². The van der Waals surface area contributed by atoms with Gasteiger partial charge in [0.25, 0.3) is 11.8 Å². The minimum Gasteiger partial charge on any atom is -0.491 e. The van der Waals surface area contributed by atoms with Gasteiger partial charge in [0.15, 0.2) is 6.10 Å². The number of hydrogen-bond donors (Lipinski definition) is 3. The van der Waals surface area contributed by atoms with Gasteiger partial charge in [-0.1, -0.05) is 0 Å². The number of hydrogen-bond acceptors (Lipinski definition) is 11. The van der Waals surface area contributed by atoms with Gasteiger partial charge in [-0.25, -0.2) is 4.79 Å². The van der Waals surface area contributed by atoms with Crippen LogP contribution in [0.4, 0.5) is 0 Å². The molecule has 1 fully saturated rings. The van der Waals surface area contributed by atoms with Crippen LogP contribution in [-0.2, 0) is 44.8 Å². The first-order chi connectivity index (χ1) is 19.1. The number of carbonyl (C=O) groups is 5. The van der Waals surface area contributed by atoms with Crippen molar-refractivity contribution in [2.24, 2.45) is 0 Å². The van der Waals surface area contributed by atoms with E-state index in [2.05, 4.69) is 5.32 Å². The molecule has 14 nitrogen and oxygen atoms in total. The molecule has 3 atom stereocenters. The second kappa shape index (κ2) is 15.0. The van der Waals surface area contributed by atoms with E-state index in [0.29, 0.717) is 11.3 Å². The zero-order valence-corrected chi connectivity index (χ0v) is 21.9. The minimum absolute atomic E-state index is 0.00413. The van der Waals surface area contributed by atoms with E-state index in [1.807, 2.05) is 0 Å². The summed E-state index contributed by atoms with van der Waals surface area (Å²) in [6, 6.07) is 4.79. The summed E-state index contributed by atoms with van der Waals surface area (Å²) in [6.45, 7) is 1.96. The van der Waals surface area contributed by atoms with Crippen molar-refractivity contribution in [1.82, 2.24) is 10.2 Å². The second-order valence-electron chi connectivity index (χ2n) is 8.91. The highest BCUT2D eigenvalue weighted by atomic mass is 16.7. The lowest BCUT2D eigenvalue weighted by Gasteiger charge is -2.31. The van der Waals surface area contributed by atoms with Crippen LogP contribution < -0.4 is 14.8 Å². The van der Waals surface area contributed by atoms with Gasteiger partial charge in [-0.3, -0.25) is 24.1 Å². The Kier molecular flexibility index (Phi) is 11.4. The summed E-state index contributed by atoms with van der Waals surface area (Å²) < 4.78 is 27.4. The molecule has 3 rings (SSSR count). The normalized spacial score (nSPS) is 20.4. The number of ether oxygens (including phenoxy) is 5. The van der Waals surface area contributed by atoms with Crippen molar-refractivity contribution in [2.75, 3.05) is 32.9 Å². The van der Waals surface area contributed by atoms with Crippen molar-refractivity contribution in [3.05, 3.63) is 35.9 Å². The Labute approximate surface area is 229 Å². The van der Waals surface area contributed by atoms with Gasteiger partial charge in [-0.15, -0.1) is 0 Å². The molecule has 2 aliphatic heterocycles. The summed E-state index contributed by atoms with van der Waals surface area (Å²) in [5.41, 5.74) is 0.486. The minimum atomic E-state index is -1.22. The van der Waals surface area contributed by atoms with Crippen molar-refractivity contribution in [3.63, 3.8) is 0 Å². The lowest BCUT2D eigenvalue weighted by Crippen LogP contribution is -2.42. The SMILES string of the molecule is CC(=O)OCc1ccc(OCCOCCNC(=O)CCN2C(=O)C=CC2=O)cc1OC1CC(O)CC(C(=O)O)O1. The fourth-order valence-electron chi connectivity index (χ4n) is 3.81. The molecule has 14 heteroatoms. The molecular formula is C26H32N2O12. The monoisotopic (exact) mass is 564 g/mol. The summed E-state index contributed by atoms with van der Waals surface area (Å²) in [7, 11) is 0. The summed E-state index contributed by atoms with van der Waals surface area (Å²) in [4.78, 5) is 58.4. The molecule has 2 aliphatic rings. The first kappa shape index (κ1) is 30.5. The van der Waals surface area contributed by atoms with Gasteiger partial charge in [-0.05, 0) is 12.1 Å². The zero-order chi connectivity index (χ0) is 29.1. The third-order valence-electron chi connectivity index (χ3n) is 5.80. The third-order valence-corrected chi connectivity index (χ3v) is 5.80. The van der Waals surface area contributed by atoms with Crippen molar-refractivity contribution < 1.29 is 57.9 Å². The number of imide groups is 1. The molecule has 3 unspecified atom stereocenters. The molecule has 3 amide bonds. The highest BCUT2D eigenvalue weighted by Gasteiger charge is 2.34. The quantitative estimate of drug-likeness (QED) is 0.146. The van der Waals surface area contributed by atoms with E-state index in [1.165, 1.54) is 13.0 Å². The van der Waals surface area contributed by atoms with Gasteiger partial charge >= 0.3 is 11.9 Å². The predicted molar refractivity (Wildman–Crippen MR) is 134 cm³/mol. The molecular weight excluding hydrogens is 532 g/mol. The van der Waals surface area contributed by atoms with E-state index >= 15 is 0 Å². The summed E-state index contributed by atoms with van der Waals surface area (Å²) in [5, 5.41) is 21.9. The maximum atomic E-state index is 11.9. The van der Waals surface area contributed by atoms with Crippen LogP contribution in [0.25, 0.3) is 0 Å².